The number of hydrogen-bond donors (Lipinski definition) is 0. The van der Waals surface area contributed by atoms with Gasteiger partial charge in [0.05, 0.1) is 24.2 Å². The van der Waals surface area contributed by atoms with Crippen molar-refractivity contribution in [2.75, 3.05) is 19.8 Å². The van der Waals surface area contributed by atoms with Gasteiger partial charge in [-0.25, -0.2) is 8.42 Å². The van der Waals surface area contributed by atoms with Crippen LogP contribution in [0.1, 0.15) is 24.8 Å². The van der Waals surface area contributed by atoms with Crippen LogP contribution in [0.3, 0.4) is 0 Å². The first-order valence-electron chi connectivity index (χ1n) is 7.69. The van der Waals surface area contributed by atoms with Crippen molar-refractivity contribution in [1.82, 2.24) is 4.31 Å². The Morgan fingerprint density at radius 2 is 1.95 bits per heavy atom. The molecule has 0 unspecified atom stereocenters. The van der Waals surface area contributed by atoms with Crippen molar-refractivity contribution in [3.8, 4) is 0 Å². The summed E-state index contributed by atoms with van der Waals surface area (Å²) in [7, 11) is -3.59. The van der Waals surface area contributed by atoms with Gasteiger partial charge < -0.3 is 4.74 Å². The van der Waals surface area contributed by atoms with E-state index in [-0.39, 0.29) is 22.6 Å². The molecule has 0 N–H and O–H groups in total. The molecule has 5 nitrogen and oxygen atoms in total. The monoisotopic (exact) mass is 323 g/mol. The van der Waals surface area contributed by atoms with Gasteiger partial charge in [-0.1, -0.05) is 17.7 Å². The summed E-state index contributed by atoms with van der Waals surface area (Å²) in [5, 5.41) is 0. The van der Waals surface area contributed by atoms with Gasteiger partial charge >= 0.3 is 0 Å². The maximum absolute atomic E-state index is 12.9. The quantitative estimate of drug-likeness (QED) is 0.850. The average molecular weight is 323 g/mol. The van der Waals surface area contributed by atoms with E-state index in [1.807, 2.05) is 6.92 Å². The van der Waals surface area contributed by atoms with Gasteiger partial charge in [0.25, 0.3) is 0 Å². The zero-order valence-electron chi connectivity index (χ0n) is 12.7. The Bertz CT molecular complexity index is 653. The molecule has 1 aliphatic heterocycles. The number of nitrogens with zero attached hydrogens (tertiary/aromatic N) is 1. The Morgan fingerprint density at radius 1 is 1.23 bits per heavy atom. The van der Waals surface area contributed by atoms with Crippen molar-refractivity contribution in [2.24, 2.45) is 5.92 Å². The van der Waals surface area contributed by atoms with E-state index in [1.54, 1.807) is 24.3 Å². The molecule has 120 valence electrons. The van der Waals surface area contributed by atoms with E-state index in [0.717, 1.165) is 18.4 Å². The topological polar surface area (TPSA) is 63.7 Å². The van der Waals surface area contributed by atoms with E-state index in [2.05, 4.69) is 0 Å². The molecular formula is C16H21NO4S. The Balaban J connectivity index is 1.92. The number of benzene rings is 1. The number of sulfonamides is 1. The second-order valence-corrected chi connectivity index (χ2v) is 7.93. The number of rotatable bonds is 3. The maximum Gasteiger partial charge on any atom is 0.243 e. The third-order valence-corrected chi connectivity index (χ3v) is 6.50. The molecule has 2 aliphatic rings. The molecule has 0 spiro atoms. The zero-order chi connectivity index (χ0) is 15.7. The van der Waals surface area contributed by atoms with Gasteiger partial charge in [0.15, 0.2) is 0 Å². The maximum atomic E-state index is 12.9. The zero-order valence-corrected chi connectivity index (χ0v) is 13.5. The first-order chi connectivity index (χ1) is 10.5. The van der Waals surface area contributed by atoms with Crippen LogP contribution in [-0.2, 0) is 19.6 Å². The lowest BCUT2D eigenvalue weighted by atomic mass is 9.97. The van der Waals surface area contributed by atoms with Crippen molar-refractivity contribution in [2.45, 2.75) is 37.1 Å². The molecular weight excluding hydrogens is 302 g/mol. The number of carbonyl (C=O) groups is 1. The van der Waals surface area contributed by atoms with E-state index in [9.17, 15) is 13.2 Å². The van der Waals surface area contributed by atoms with Crippen LogP contribution in [0.5, 0.6) is 0 Å². The second-order valence-electron chi connectivity index (χ2n) is 6.04. The Labute approximate surface area is 131 Å². The van der Waals surface area contributed by atoms with Crippen molar-refractivity contribution < 1.29 is 17.9 Å². The summed E-state index contributed by atoms with van der Waals surface area (Å²) in [4.78, 5) is 12.3. The molecule has 6 heteroatoms. The van der Waals surface area contributed by atoms with Crippen LogP contribution in [0.25, 0.3) is 0 Å². The van der Waals surface area contributed by atoms with Crippen LogP contribution in [0.2, 0.25) is 0 Å². The number of Topliss-reactive ketones (excluding diaryl/α,β-unsaturated/α-hetero) is 1. The van der Waals surface area contributed by atoms with Crippen LogP contribution in [0.4, 0.5) is 0 Å². The van der Waals surface area contributed by atoms with Crippen LogP contribution >= 0.6 is 0 Å². The lowest BCUT2D eigenvalue weighted by molar-refractivity contribution is -0.123. The van der Waals surface area contributed by atoms with Crippen LogP contribution in [0.15, 0.2) is 29.2 Å². The predicted molar refractivity (Wildman–Crippen MR) is 82.0 cm³/mol. The number of carbonyl (C=O) groups excluding carboxylic acids is 1. The van der Waals surface area contributed by atoms with Gasteiger partial charge in [0, 0.05) is 18.9 Å². The second kappa shape index (κ2) is 6.10. The third-order valence-electron chi connectivity index (χ3n) is 4.56. The molecule has 0 bridgehead atoms. The first-order valence-corrected chi connectivity index (χ1v) is 9.13. The molecule has 2 atom stereocenters. The molecule has 0 radical (unpaired) electrons. The SMILES string of the molecule is Cc1ccc(S(=O)(=O)N2CCOC[C@H]2[C@@H]2CCCC2=O)cc1. The first kappa shape index (κ1) is 15.6. The molecule has 1 saturated carbocycles. The van der Waals surface area contributed by atoms with Crippen molar-refractivity contribution in [3.05, 3.63) is 29.8 Å². The molecule has 2 fully saturated rings. The van der Waals surface area contributed by atoms with Crippen molar-refractivity contribution in [3.63, 3.8) is 0 Å². The summed E-state index contributed by atoms with van der Waals surface area (Å²) in [6, 6.07) is 6.49. The smallest absolute Gasteiger partial charge is 0.243 e. The van der Waals surface area contributed by atoms with Gasteiger partial charge in [0.2, 0.25) is 10.0 Å². The molecule has 1 saturated heterocycles. The molecule has 1 aromatic carbocycles. The minimum absolute atomic E-state index is 0.166. The molecule has 1 aliphatic carbocycles. The van der Waals surface area contributed by atoms with Crippen molar-refractivity contribution >= 4 is 15.8 Å². The highest BCUT2D eigenvalue weighted by atomic mass is 32.2. The summed E-state index contributed by atoms with van der Waals surface area (Å²) in [5.41, 5.74) is 1.02. The summed E-state index contributed by atoms with van der Waals surface area (Å²) in [6.07, 6.45) is 2.16. The molecule has 3 rings (SSSR count). The van der Waals surface area contributed by atoms with Crippen LogP contribution in [0, 0.1) is 12.8 Å². The van der Waals surface area contributed by atoms with Crippen LogP contribution < -0.4 is 0 Å². The third kappa shape index (κ3) is 2.83. The van der Waals surface area contributed by atoms with Crippen LogP contribution in [-0.4, -0.2) is 44.3 Å². The van der Waals surface area contributed by atoms with Gasteiger partial charge in [-0.15, -0.1) is 0 Å². The Kier molecular flexibility index (Phi) is 4.34. The Hall–Kier alpha value is -1.24. The highest BCUT2D eigenvalue weighted by Gasteiger charge is 2.42. The van der Waals surface area contributed by atoms with Gasteiger partial charge in [-0.05, 0) is 31.9 Å². The fraction of sp³-hybridized carbons (Fsp3) is 0.562. The normalized spacial score (nSPS) is 27.2. The standard InChI is InChI=1S/C16H21NO4S/c1-12-5-7-13(8-6-12)22(19,20)17-9-10-21-11-15(17)14-3-2-4-16(14)18/h5-8,14-15H,2-4,9-11H2,1H3/t14-,15-/m0/s1. The van der Waals surface area contributed by atoms with E-state index in [4.69, 9.17) is 4.74 Å². The molecule has 0 amide bonds. The highest BCUT2D eigenvalue weighted by Crippen LogP contribution is 2.32. The number of morpholine rings is 1. The Morgan fingerprint density at radius 3 is 2.59 bits per heavy atom. The van der Waals surface area contributed by atoms with E-state index in [1.165, 1.54) is 4.31 Å². The molecule has 1 heterocycles. The largest absolute Gasteiger partial charge is 0.378 e. The van der Waals surface area contributed by atoms with Crippen molar-refractivity contribution in [1.29, 1.82) is 0 Å². The van der Waals surface area contributed by atoms with Gasteiger partial charge in [0.1, 0.15) is 5.78 Å². The van der Waals surface area contributed by atoms with E-state index in [0.29, 0.717) is 26.2 Å². The fourth-order valence-electron chi connectivity index (χ4n) is 3.32. The minimum Gasteiger partial charge on any atom is -0.378 e. The van der Waals surface area contributed by atoms with E-state index >= 15 is 0 Å². The summed E-state index contributed by atoms with van der Waals surface area (Å²) < 4.78 is 32.8. The average Bonchev–Trinajstić information content (AvgIpc) is 2.94. The number of aryl methyl sites for hydroxylation is 1. The highest BCUT2D eigenvalue weighted by molar-refractivity contribution is 7.89. The van der Waals surface area contributed by atoms with Gasteiger partial charge in [-0.3, -0.25) is 4.79 Å². The molecule has 0 aromatic heterocycles. The fourth-order valence-corrected chi connectivity index (χ4v) is 4.95. The summed E-state index contributed by atoms with van der Waals surface area (Å²) in [5.74, 6) is -0.0554. The molecule has 1 aromatic rings. The van der Waals surface area contributed by atoms with Gasteiger partial charge in [-0.2, -0.15) is 4.31 Å². The number of ether oxygens (including phenoxy) is 1. The summed E-state index contributed by atoms with van der Waals surface area (Å²) >= 11 is 0. The molecule has 22 heavy (non-hydrogen) atoms. The lowest BCUT2D eigenvalue weighted by Crippen LogP contribution is -2.52. The lowest BCUT2D eigenvalue weighted by Gasteiger charge is -2.37. The van der Waals surface area contributed by atoms with E-state index < -0.39 is 10.0 Å². The minimum atomic E-state index is -3.59. The summed E-state index contributed by atoms with van der Waals surface area (Å²) in [6.45, 7) is 2.92. The number of hydrogen-bond acceptors (Lipinski definition) is 4. The number of ketones is 1. The predicted octanol–water partition coefficient (Wildman–Crippen LogP) is 1.75.